The minimum absolute atomic E-state index is 0.545. The van der Waals surface area contributed by atoms with E-state index in [0.717, 1.165) is 27.4 Å². The Bertz CT molecular complexity index is 952. The van der Waals surface area contributed by atoms with Crippen LogP contribution in [-0.2, 0) is 6.54 Å². The number of rotatable bonds is 3. The summed E-state index contributed by atoms with van der Waals surface area (Å²) in [5.41, 5.74) is 3.94. The zero-order chi connectivity index (χ0) is 15.1. The van der Waals surface area contributed by atoms with Crippen LogP contribution in [0.1, 0.15) is 11.4 Å². The van der Waals surface area contributed by atoms with Crippen molar-refractivity contribution in [1.29, 1.82) is 0 Å². The lowest BCUT2D eigenvalue weighted by Gasteiger charge is -1.95. The molecule has 0 spiro atoms. The van der Waals surface area contributed by atoms with Gasteiger partial charge < -0.3 is 4.98 Å². The molecule has 1 N–H and O–H groups in total. The van der Waals surface area contributed by atoms with E-state index in [2.05, 4.69) is 38.7 Å². The maximum Gasteiger partial charge on any atom is 0.129 e. The van der Waals surface area contributed by atoms with Gasteiger partial charge in [0.2, 0.25) is 0 Å². The molecule has 0 atom stereocenters. The number of hydrogen-bond donors (Lipinski definition) is 1. The van der Waals surface area contributed by atoms with Gasteiger partial charge in [0.15, 0.2) is 0 Å². The molecule has 0 saturated heterocycles. The van der Waals surface area contributed by atoms with Crippen LogP contribution < -0.4 is 0 Å². The van der Waals surface area contributed by atoms with Gasteiger partial charge in [-0.05, 0) is 42.1 Å². The van der Waals surface area contributed by atoms with Gasteiger partial charge >= 0.3 is 0 Å². The molecule has 3 aromatic heterocycles. The van der Waals surface area contributed by atoms with Gasteiger partial charge in [-0.1, -0.05) is 16.8 Å². The second-order valence-electron chi connectivity index (χ2n) is 5.08. The highest BCUT2D eigenvalue weighted by atomic mass is 35.5. The summed E-state index contributed by atoms with van der Waals surface area (Å²) in [6, 6.07) is 7.69. The van der Waals surface area contributed by atoms with Crippen LogP contribution in [0.15, 0.2) is 35.8 Å². The van der Waals surface area contributed by atoms with Crippen LogP contribution in [0.2, 0.25) is 5.02 Å². The zero-order valence-electron chi connectivity index (χ0n) is 11.7. The van der Waals surface area contributed by atoms with Crippen molar-refractivity contribution in [3.05, 3.63) is 52.3 Å². The molecule has 4 aromatic rings. The third-order valence-corrected chi connectivity index (χ3v) is 4.71. The van der Waals surface area contributed by atoms with Crippen LogP contribution >= 0.6 is 22.9 Å². The van der Waals surface area contributed by atoms with Crippen LogP contribution in [0.5, 0.6) is 0 Å². The molecule has 0 aliphatic heterocycles. The number of aromatic nitrogens is 5. The fourth-order valence-corrected chi connectivity index (χ4v) is 3.43. The van der Waals surface area contributed by atoms with Crippen molar-refractivity contribution in [1.82, 2.24) is 25.0 Å². The normalized spacial score (nSPS) is 11.4. The van der Waals surface area contributed by atoms with Crippen LogP contribution in [-0.4, -0.2) is 25.0 Å². The standard InChI is InChI=1S/C15H12ClN5S/c1-9-4-5-22-15(9)13-7-21(20-19-13)8-14-17-11-3-2-10(16)6-12(11)18-14/h2-7H,8H2,1H3,(H,17,18). The highest BCUT2D eigenvalue weighted by Gasteiger charge is 2.10. The zero-order valence-corrected chi connectivity index (χ0v) is 13.3. The van der Waals surface area contributed by atoms with Gasteiger partial charge in [-0.15, -0.1) is 16.4 Å². The summed E-state index contributed by atoms with van der Waals surface area (Å²) >= 11 is 7.66. The number of nitrogens with one attached hydrogen (secondary N) is 1. The van der Waals surface area contributed by atoms with Gasteiger partial charge in [0.05, 0.1) is 22.1 Å². The summed E-state index contributed by atoms with van der Waals surface area (Å²) in [5.74, 6) is 0.830. The number of halogens is 1. The Labute approximate surface area is 135 Å². The topological polar surface area (TPSA) is 59.4 Å². The first-order chi connectivity index (χ1) is 10.7. The predicted molar refractivity (Wildman–Crippen MR) is 88.3 cm³/mol. The number of fused-ring (bicyclic) bond motifs is 1. The number of H-pyrrole nitrogens is 1. The number of thiophene rings is 1. The number of benzene rings is 1. The third-order valence-electron chi connectivity index (χ3n) is 3.44. The predicted octanol–water partition coefficient (Wildman–Crippen LogP) is 3.89. The number of imidazole rings is 1. The molecule has 22 heavy (non-hydrogen) atoms. The van der Waals surface area contributed by atoms with E-state index in [-0.39, 0.29) is 0 Å². The molecule has 110 valence electrons. The van der Waals surface area contributed by atoms with Crippen LogP contribution in [0.3, 0.4) is 0 Å². The lowest BCUT2D eigenvalue weighted by molar-refractivity contribution is 0.631. The first-order valence-electron chi connectivity index (χ1n) is 6.78. The van der Waals surface area contributed by atoms with Crippen LogP contribution in [0.25, 0.3) is 21.6 Å². The van der Waals surface area contributed by atoms with E-state index in [9.17, 15) is 0 Å². The Hall–Kier alpha value is -2.18. The van der Waals surface area contributed by atoms with E-state index < -0.39 is 0 Å². The van der Waals surface area contributed by atoms with Gasteiger partial charge in [0, 0.05) is 5.02 Å². The van der Waals surface area contributed by atoms with E-state index in [1.165, 1.54) is 5.56 Å². The molecule has 0 saturated carbocycles. The number of aromatic amines is 1. The molecule has 0 aliphatic carbocycles. The molecule has 7 heteroatoms. The van der Waals surface area contributed by atoms with E-state index in [1.807, 2.05) is 24.4 Å². The molecular formula is C15H12ClN5S. The van der Waals surface area contributed by atoms with Crippen molar-refractivity contribution in [3.63, 3.8) is 0 Å². The summed E-state index contributed by atoms with van der Waals surface area (Å²) in [6.45, 7) is 2.62. The van der Waals surface area contributed by atoms with Crippen molar-refractivity contribution in [3.8, 4) is 10.6 Å². The molecule has 0 amide bonds. The lowest BCUT2D eigenvalue weighted by atomic mass is 10.2. The highest BCUT2D eigenvalue weighted by molar-refractivity contribution is 7.13. The van der Waals surface area contributed by atoms with Crippen LogP contribution in [0, 0.1) is 6.92 Å². The van der Waals surface area contributed by atoms with Gasteiger partial charge in [-0.2, -0.15) is 0 Å². The Balaban J connectivity index is 1.63. The molecule has 0 unspecified atom stereocenters. The minimum atomic E-state index is 0.545. The van der Waals surface area contributed by atoms with E-state index in [0.29, 0.717) is 11.6 Å². The van der Waals surface area contributed by atoms with Crippen molar-refractivity contribution in [2.45, 2.75) is 13.5 Å². The van der Waals surface area contributed by atoms with Crippen molar-refractivity contribution < 1.29 is 0 Å². The Morgan fingerprint density at radius 1 is 1.32 bits per heavy atom. The quantitative estimate of drug-likeness (QED) is 0.620. The molecular weight excluding hydrogens is 318 g/mol. The van der Waals surface area contributed by atoms with Gasteiger partial charge in [0.25, 0.3) is 0 Å². The number of hydrogen-bond acceptors (Lipinski definition) is 4. The molecule has 4 rings (SSSR count). The van der Waals surface area contributed by atoms with E-state index >= 15 is 0 Å². The maximum atomic E-state index is 5.99. The average molecular weight is 330 g/mol. The Morgan fingerprint density at radius 3 is 3.05 bits per heavy atom. The Morgan fingerprint density at radius 2 is 2.23 bits per heavy atom. The second-order valence-corrected chi connectivity index (χ2v) is 6.43. The lowest BCUT2D eigenvalue weighted by Crippen LogP contribution is -2.01. The molecule has 0 radical (unpaired) electrons. The van der Waals surface area contributed by atoms with Crippen molar-refractivity contribution in [2.24, 2.45) is 0 Å². The molecule has 0 aliphatic rings. The Kier molecular flexibility index (Phi) is 3.20. The third kappa shape index (κ3) is 2.40. The van der Waals surface area contributed by atoms with Gasteiger partial charge in [0.1, 0.15) is 18.1 Å². The van der Waals surface area contributed by atoms with Crippen molar-refractivity contribution in [2.75, 3.05) is 0 Å². The van der Waals surface area contributed by atoms with Crippen molar-refractivity contribution >= 4 is 34.0 Å². The van der Waals surface area contributed by atoms with Crippen LogP contribution in [0.4, 0.5) is 0 Å². The molecule has 3 heterocycles. The fraction of sp³-hybridized carbons (Fsp3) is 0.133. The molecule has 5 nitrogen and oxygen atoms in total. The SMILES string of the molecule is Cc1ccsc1-c1cn(Cc2nc3ccc(Cl)cc3[nH]2)nn1. The minimum Gasteiger partial charge on any atom is -0.340 e. The summed E-state index contributed by atoms with van der Waals surface area (Å²) < 4.78 is 1.79. The second kappa shape index (κ2) is 5.23. The maximum absolute atomic E-state index is 5.99. The van der Waals surface area contributed by atoms with E-state index in [4.69, 9.17) is 11.6 Å². The monoisotopic (exact) mass is 329 g/mol. The first-order valence-corrected chi connectivity index (χ1v) is 8.03. The fourth-order valence-electron chi connectivity index (χ4n) is 2.38. The summed E-state index contributed by atoms with van der Waals surface area (Å²) in [5, 5.41) is 11.2. The number of aryl methyl sites for hydroxylation is 1. The summed E-state index contributed by atoms with van der Waals surface area (Å²) in [6.07, 6.45) is 1.94. The van der Waals surface area contributed by atoms with E-state index in [1.54, 1.807) is 16.0 Å². The summed E-state index contributed by atoms with van der Waals surface area (Å²) in [4.78, 5) is 8.95. The smallest absolute Gasteiger partial charge is 0.129 e. The first kappa shape index (κ1) is 13.5. The van der Waals surface area contributed by atoms with Gasteiger partial charge in [-0.3, -0.25) is 0 Å². The molecule has 1 aromatic carbocycles. The summed E-state index contributed by atoms with van der Waals surface area (Å²) in [7, 11) is 0. The number of nitrogens with zero attached hydrogens (tertiary/aromatic N) is 4. The van der Waals surface area contributed by atoms with Gasteiger partial charge in [-0.25, -0.2) is 9.67 Å². The molecule has 0 bridgehead atoms. The highest BCUT2D eigenvalue weighted by Crippen LogP contribution is 2.26. The molecule has 0 fully saturated rings. The largest absolute Gasteiger partial charge is 0.340 e. The average Bonchev–Trinajstić information content (AvgIpc) is 3.18.